The van der Waals surface area contributed by atoms with Gasteiger partial charge >= 0.3 is 0 Å². The van der Waals surface area contributed by atoms with E-state index < -0.39 is 5.60 Å². The highest BCUT2D eigenvalue weighted by Crippen LogP contribution is 2.14. The van der Waals surface area contributed by atoms with Crippen molar-refractivity contribution in [3.63, 3.8) is 0 Å². The molecule has 0 aliphatic carbocycles. The number of aliphatic hydroxyl groups is 1. The lowest BCUT2D eigenvalue weighted by Crippen LogP contribution is -2.26. The molecule has 8 heteroatoms. The molecule has 0 radical (unpaired) electrons. The second-order valence-corrected chi connectivity index (χ2v) is 5.76. The topological polar surface area (TPSA) is 80.3 Å². The van der Waals surface area contributed by atoms with E-state index in [9.17, 15) is 5.11 Å². The van der Waals surface area contributed by atoms with Gasteiger partial charge in [-0.3, -0.25) is 4.68 Å². The number of nitrogens with zero attached hydrogens (tertiary/aromatic N) is 5. The van der Waals surface area contributed by atoms with E-state index in [1.54, 1.807) is 29.2 Å². The minimum atomic E-state index is -0.804. The van der Waals surface area contributed by atoms with Gasteiger partial charge in [0.15, 0.2) is 5.65 Å². The van der Waals surface area contributed by atoms with E-state index >= 15 is 0 Å². The maximum atomic E-state index is 9.79. The lowest BCUT2D eigenvalue weighted by molar-refractivity contribution is 0.0578. The van der Waals surface area contributed by atoms with Crippen LogP contribution in [-0.4, -0.2) is 42.9 Å². The molecule has 0 aromatic carbocycles. The number of pyridine rings is 1. The Labute approximate surface area is 123 Å². The van der Waals surface area contributed by atoms with Gasteiger partial charge in [-0.15, -0.1) is 5.10 Å². The summed E-state index contributed by atoms with van der Waals surface area (Å²) in [6.45, 7) is 3.91. The van der Waals surface area contributed by atoms with E-state index in [1.807, 2.05) is 32.4 Å². The van der Waals surface area contributed by atoms with Crippen LogP contribution in [0.4, 0.5) is 11.6 Å². The molecule has 0 bridgehead atoms. The van der Waals surface area contributed by atoms with Crippen molar-refractivity contribution in [1.29, 1.82) is 0 Å². The quantitative estimate of drug-likeness (QED) is 0.643. The molecule has 3 heterocycles. The van der Waals surface area contributed by atoms with E-state index in [0.29, 0.717) is 12.5 Å². The highest BCUT2D eigenvalue weighted by molar-refractivity contribution is 6.36. The van der Waals surface area contributed by atoms with Crippen molar-refractivity contribution in [3.05, 3.63) is 30.7 Å². The van der Waals surface area contributed by atoms with Crippen LogP contribution in [0.25, 0.3) is 5.65 Å². The van der Waals surface area contributed by atoms with Crippen LogP contribution in [0.3, 0.4) is 0 Å². The number of aromatic nitrogens is 5. The van der Waals surface area contributed by atoms with Gasteiger partial charge < -0.3 is 10.4 Å². The van der Waals surface area contributed by atoms with Gasteiger partial charge in [0.05, 0.1) is 24.0 Å². The zero-order valence-corrected chi connectivity index (χ0v) is 12.3. The normalized spacial score (nSPS) is 12.0. The van der Waals surface area contributed by atoms with Crippen molar-refractivity contribution < 1.29 is 5.11 Å². The fourth-order valence-electron chi connectivity index (χ4n) is 2.13. The number of rotatable bonds is 4. The maximum Gasteiger partial charge on any atom is 0.247 e. The first-order chi connectivity index (χ1) is 9.90. The second kappa shape index (κ2) is 4.89. The number of hydrogen-bond donors (Lipinski definition) is 2. The van der Waals surface area contributed by atoms with E-state index in [0.717, 1.165) is 16.8 Å². The van der Waals surface area contributed by atoms with E-state index in [4.69, 9.17) is 0 Å². The van der Waals surface area contributed by atoms with E-state index in [1.165, 1.54) is 0 Å². The van der Waals surface area contributed by atoms with Crippen molar-refractivity contribution in [3.8, 4) is 0 Å². The molecule has 3 rings (SSSR count). The minimum absolute atomic E-state index is 0.423. The van der Waals surface area contributed by atoms with Gasteiger partial charge in [0.1, 0.15) is 7.85 Å². The lowest BCUT2D eigenvalue weighted by atomic mass is 9.98. The van der Waals surface area contributed by atoms with Crippen molar-refractivity contribution in [2.24, 2.45) is 0 Å². The van der Waals surface area contributed by atoms with Gasteiger partial charge in [-0.1, -0.05) is 6.07 Å². The Morgan fingerprint density at radius 1 is 1.43 bits per heavy atom. The highest BCUT2D eigenvalue weighted by Gasteiger charge is 2.14. The molecule has 3 aromatic rings. The third-order valence-corrected chi connectivity index (χ3v) is 3.00. The molecule has 108 valence electrons. The number of hydrogen-bond acceptors (Lipinski definition) is 5. The molecule has 21 heavy (non-hydrogen) atoms. The van der Waals surface area contributed by atoms with Crippen molar-refractivity contribution in [2.45, 2.75) is 26.0 Å². The molecule has 7 nitrogen and oxygen atoms in total. The summed E-state index contributed by atoms with van der Waals surface area (Å²) in [5.41, 5.74) is 1.87. The molecule has 0 aliphatic heterocycles. The summed E-state index contributed by atoms with van der Waals surface area (Å²) >= 11 is 0. The van der Waals surface area contributed by atoms with Crippen LogP contribution >= 0.6 is 0 Å². The highest BCUT2D eigenvalue weighted by atomic mass is 16.3. The summed E-state index contributed by atoms with van der Waals surface area (Å²) in [5, 5.41) is 21.5. The monoisotopic (exact) mass is 284 g/mol. The third-order valence-electron chi connectivity index (χ3n) is 3.00. The Morgan fingerprint density at radius 2 is 2.24 bits per heavy atom. The van der Waals surface area contributed by atoms with Crippen LogP contribution in [0.15, 0.2) is 30.7 Å². The summed E-state index contributed by atoms with van der Waals surface area (Å²) < 4.78 is 3.42. The van der Waals surface area contributed by atoms with Crippen LogP contribution in [0.1, 0.15) is 13.8 Å². The lowest BCUT2D eigenvalue weighted by Gasteiger charge is -2.16. The van der Waals surface area contributed by atoms with E-state index in [2.05, 4.69) is 20.5 Å². The summed E-state index contributed by atoms with van der Waals surface area (Å²) in [5.74, 6) is 0.520. The molecule has 0 unspecified atom stereocenters. The summed E-state index contributed by atoms with van der Waals surface area (Å²) in [6.07, 6.45) is 5.36. The Morgan fingerprint density at radius 3 is 2.95 bits per heavy atom. The van der Waals surface area contributed by atoms with Gasteiger partial charge in [0.25, 0.3) is 0 Å². The molecule has 0 aliphatic rings. The number of nitrogens with one attached hydrogen (secondary N) is 1. The summed E-state index contributed by atoms with van der Waals surface area (Å²) in [6, 6.07) is 3.93. The second-order valence-electron chi connectivity index (χ2n) is 5.76. The standard InChI is InChI=1S/C13H17BN6O/c1-13(2,21)8-19-7-9(6-15-19)16-12-17-11-10(14)4-3-5-20(11)18-12/h3-7,21H,8,14H2,1-2H3,(H,16,18). The molecule has 3 aromatic heterocycles. The van der Waals surface area contributed by atoms with Crippen LogP contribution in [0, 0.1) is 0 Å². The van der Waals surface area contributed by atoms with Crippen molar-refractivity contribution in [1.82, 2.24) is 24.4 Å². The Bertz CT molecular complexity index is 772. The predicted molar refractivity (Wildman–Crippen MR) is 83.0 cm³/mol. The van der Waals surface area contributed by atoms with Gasteiger partial charge in [-0.25, -0.2) is 4.52 Å². The smallest absolute Gasteiger partial charge is 0.247 e. The van der Waals surface area contributed by atoms with Crippen molar-refractivity contribution >= 4 is 30.6 Å². The van der Waals surface area contributed by atoms with Gasteiger partial charge in [-0.2, -0.15) is 10.1 Å². The third kappa shape index (κ3) is 3.05. The maximum absolute atomic E-state index is 9.79. The fourth-order valence-corrected chi connectivity index (χ4v) is 2.13. The van der Waals surface area contributed by atoms with Crippen LogP contribution in [0.2, 0.25) is 0 Å². The zero-order chi connectivity index (χ0) is 15.0. The molecule has 0 saturated heterocycles. The van der Waals surface area contributed by atoms with Crippen LogP contribution < -0.4 is 10.8 Å². The van der Waals surface area contributed by atoms with Gasteiger partial charge in [-0.05, 0) is 25.4 Å². The Balaban J connectivity index is 1.81. The van der Waals surface area contributed by atoms with Crippen LogP contribution in [-0.2, 0) is 6.54 Å². The molecule has 0 amide bonds. The fraction of sp³-hybridized carbons (Fsp3) is 0.308. The van der Waals surface area contributed by atoms with Gasteiger partial charge in [0.2, 0.25) is 5.95 Å². The number of fused-ring (bicyclic) bond motifs is 1. The predicted octanol–water partition coefficient (Wildman–Crippen LogP) is -0.301. The molecular formula is C13H17BN6O. The Kier molecular flexibility index (Phi) is 3.17. The molecule has 0 atom stereocenters. The first-order valence-electron chi connectivity index (χ1n) is 6.75. The Hall–Kier alpha value is -2.35. The zero-order valence-electron chi connectivity index (χ0n) is 12.3. The summed E-state index contributed by atoms with van der Waals surface area (Å²) in [4.78, 5) is 4.45. The first-order valence-corrected chi connectivity index (χ1v) is 6.75. The van der Waals surface area contributed by atoms with Gasteiger partial charge in [0, 0.05) is 12.4 Å². The number of anilines is 2. The van der Waals surface area contributed by atoms with Crippen molar-refractivity contribution in [2.75, 3.05) is 5.32 Å². The largest absolute Gasteiger partial charge is 0.389 e. The average Bonchev–Trinajstić information content (AvgIpc) is 2.95. The SMILES string of the molecule is Bc1cccn2nc(Nc3cnn(CC(C)(C)O)c3)nc12. The average molecular weight is 284 g/mol. The molecule has 2 N–H and O–H groups in total. The molecule has 0 saturated carbocycles. The molecular weight excluding hydrogens is 267 g/mol. The van der Waals surface area contributed by atoms with E-state index in [-0.39, 0.29) is 0 Å². The first kappa shape index (κ1) is 13.6. The molecule has 0 fully saturated rings. The molecule has 0 spiro atoms. The minimum Gasteiger partial charge on any atom is -0.389 e. The summed E-state index contributed by atoms with van der Waals surface area (Å²) in [7, 11) is 2.00. The van der Waals surface area contributed by atoms with Crippen LogP contribution in [0.5, 0.6) is 0 Å².